The molecule has 0 aliphatic rings. The van der Waals surface area contributed by atoms with Crippen molar-refractivity contribution in [3.8, 4) is 0 Å². The van der Waals surface area contributed by atoms with E-state index in [2.05, 4.69) is 24.1 Å². The molecule has 0 fully saturated rings. The van der Waals surface area contributed by atoms with Gasteiger partial charge in [-0.05, 0) is 87.7 Å². The van der Waals surface area contributed by atoms with Crippen LogP contribution in [0.25, 0.3) is 0 Å². The van der Waals surface area contributed by atoms with Crippen LogP contribution in [0, 0.1) is 20.8 Å². The van der Waals surface area contributed by atoms with Crippen LogP contribution in [-0.2, 0) is 21.4 Å². The first-order chi connectivity index (χ1) is 16.6. The van der Waals surface area contributed by atoms with Crippen molar-refractivity contribution in [3.05, 3.63) is 89.0 Å². The molecule has 0 unspecified atom stereocenters. The Bertz CT molecular complexity index is 1250. The first-order valence-electron chi connectivity index (χ1n) is 11.9. The van der Waals surface area contributed by atoms with Crippen molar-refractivity contribution < 1.29 is 13.2 Å². The summed E-state index contributed by atoms with van der Waals surface area (Å²) in [6, 6.07) is 20.1. The summed E-state index contributed by atoms with van der Waals surface area (Å²) >= 11 is 0. The maximum absolute atomic E-state index is 13.5. The zero-order valence-corrected chi connectivity index (χ0v) is 22.0. The van der Waals surface area contributed by atoms with Gasteiger partial charge in [0.05, 0.1) is 10.6 Å². The Balaban J connectivity index is 1.80. The maximum Gasteiger partial charge on any atom is 0.264 e. The zero-order valence-electron chi connectivity index (χ0n) is 21.2. The van der Waals surface area contributed by atoms with Gasteiger partial charge < -0.3 is 10.2 Å². The van der Waals surface area contributed by atoms with Crippen molar-refractivity contribution in [3.63, 3.8) is 0 Å². The standard InChI is InChI=1S/C28H35N3O3S/c1-6-30(7-2)25-14-11-24(12-15-25)19-29-28(32)20-31(26-13-10-22(4)23(5)18-26)35(33,34)27-16-8-21(3)9-17-27/h8-18H,6-7,19-20H2,1-5H3,(H,29,32). The highest BCUT2D eigenvalue weighted by Gasteiger charge is 2.27. The van der Waals surface area contributed by atoms with Crippen LogP contribution in [0.1, 0.15) is 36.1 Å². The molecule has 3 aromatic rings. The van der Waals surface area contributed by atoms with Gasteiger partial charge in [-0.1, -0.05) is 35.9 Å². The van der Waals surface area contributed by atoms with Gasteiger partial charge in [0.2, 0.25) is 5.91 Å². The maximum atomic E-state index is 13.5. The number of hydrogen-bond donors (Lipinski definition) is 1. The Morgan fingerprint density at radius 1 is 0.800 bits per heavy atom. The van der Waals surface area contributed by atoms with Crippen molar-refractivity contribution >= 4 is 27.3 Å². The molecule has 186 valence electrons. The molecule has 0 heterocycles. The number of hydrogen-bond acceptors (Lipinski definition) is 4. The van der Waals surface area contributed by atoms with Gasteiger partial charge in [0.1, 0.15) is 6.54 Å². The summed E-state index contributed by atoms with van der Waals surface area (Å²) in [5.74, 6) is -0.369. The van der Waals surface area contributed by atoms with Crippen LogP contribution in [0.2, 0.25) is 0 Å². The molecule has 0 saturated heterocycles. The molecule has 0 spiro atoms. The highest BCUT2D eigenvalue weighted by Crippen LogP contribution is 2.26. The average molecular weight is 494 g/mol. The van der Waals surface area contributed by atoms with Gasteiger partial charge >= 0.3 is 0 Å². The number of rotatable bonds is 10. The van der Waals surface area contributed by atoms with Gasteiger partial charge in [-0.2, -0.15) is 0 Å². The fourth-order valence-corrected chi connectivity index (χ4v) is 5.25. The van der Waals surface area contributed by atoms with E-state index in [1.54, 1.807) is 36.4 Å². The molecule has 0 bridgehead atoms. The van der Waals surface area contributed by atoms with Crippen LogP contribution < -0.4 is 14.5 Å². The molecular weight excluding hydrogens is 458 g/mol. The van der Waals surface area contributed by atoms with Gasteiger partial charge in [-0.25, -0.2) is 8.42 Å². The largest absolute Gasteiger partial charge is 0.372 e. The second-order valence-electron chi connectivity index (χ2n) is 8.71. The molecule has 3 rings (SSSR count). The molecule has 0 radical (unpaired) electrons. The molecule has 35 heavy (non-hydrogen) atoms. The third-order valence-corrected chi connectivity index (χ3v) is 8.02. The van der Waals surface area contributed by atoms with Crippen LogP contribution in [-0.4, -0.2) is 34.0 Å². The smallest absolute Gasteiger partial charge is 0.264 e. The van der Waals surface area contributed by atoms with E-state index >= 15 is 0 Å². The van der Waals surface area contributed by atoms with E-state index in [-0.39, 0.29) is 17.3 Å². The number of nitrogens with zero attached hydrogens (tertiary/aromatic N) is 2. The normalized spacial score (nSPS) is 11.2. The number of sulfonamides is 1. The summed E-state index contributed by atoms with van der Waals surface area (Å²) in [7, 11) is -3.93. The van der Waals surface area contributed by atoms with E-state index in [0.29, 0.717) is 12.2 Å². The minimum atomic E-state index is -3.93. The van der Waals surface area contributed by atoms with Crippen molar-refractivity contribution in [2.75, 3.05) is 28.8 Å². The number of anilines is 2. The van der Waals surface area contributed by atoms with E-state index < -0.39 is 10.0 Å². The molecule has 0 atom stereocenters. The Hall–Kier alpha value is -3.32. The highest BCUT2D eigenvalue weighted by molar-refractivity contribution is 7.92. The van der Waals surface area contributed by atoms with Gasteiger partial charge in [0.25, 0.3) is 10.0 Å². The van der Waals surface area contributed by atoms with E-state index in [0.717, 1.165) is 41.0 Å². The molecule has 7 heteroatoms. The minimum absolute atomic E-state index is 0.154. The van der Waals surface area contributed by atoms with Gasteiger partial charge in [0, 0.05) is 25.3 Å². The quantitative estimate of drug-likeness (QED) is 0.433. The Kier molecular flexibility index (Phi) is 8.57. The molecule has 0 saturated carbocycles. The van der Waals surface area contributed by atoms with E-state index in [1.165, 1.54) is 4.31 Å². The summed E-state index contributed by atoms with van der Waals surface area (Å²) in [5.41, 5.74) is 5.53. The van der Waals surface area contributed by atoms with Crippen LogP contribution in [0.3, 0.4) is 0 Å². The molecule has 1 amide bonds. The van der Waals surface area contributed by atoms with Crippen LogP contribution >= 0.6 is 0 Å². The van der Waals surface area contributed by atoms with E-state index in [4.69, 9.17) is 0 Å². The molecule has 0 aromatic heterocycles. The zero-order chi connectivity index (χ0) is 25.6. The Labute approximate surface area is 209 Å². The first kappa shape index (κ1) is 26.3. The molecule has 6 nitrogen and oxygen atoms in total. The third kappa shape index (κ3) is 6.42. The first-order valence-corrected chi connectivity index (χ1v) is 13.4. The van der Waals surface area contributed by atoms with Gasteiger partial charge in [0.15, 0.2) is 0 Å². The Morgan fingerprint density at radius 3 is 1.97 bits per heavy atom. The van der Waals surface area contributed by atoms with Crippen molar-refractivity contribution in [1.29, 1.82) is 0 Å². The lowest BCUT2D eigenvalue weighted by Crippen LogP contribution is -2.40. The molecule has 0 aliphatic heterocycles. The van der Waals surface area contributed by atoms with E-state index in [1.807, 2.05) is 51.1 Å². The molecular formula is C28H35N3O3S. The summed E-state index contributed by atoms with van der Waals surface area (Å²) < 4.78 is 28.3. The van der Waals surface area contributed by atoms with E-state index in [9.17, 15) is 13.2 Å². The van der Waals surface area contributed by atoms with Crippen molar-refractivity contribution in [2.45, 2.75) is 46.1 Å². The highest BCUT2D eigenvalue weighted by atomic mass is 32.2. The summed E-state index contributed by atoms with van der Waals surface area (Å²) in [5, 5.41) is 2.88. The monoisotopic (exact) mass is 493 g/mol. The fourth-order valence-electron chi connectivity index (χ4n) is 3.83. The van der Waals surface area contributed by atoms with Crippen molar-refractivity contribution in [2.24, 2.45) is 0 Å². The summed E-state index contributed by atoms with van der Waals surface area (Å²) in [6.45, 7) is 11.9. The van der Waals surface area contributed by atoms with Crippen molar-refractivity contribution in [1.82, 2.24) is 5.32 Å². The summed E-state index contributed by atoms with van der Waals surface area (Å²) in [4.78, 5) is 15.3. The lowest BCUT2D eigenvalue weighted by Gasteiger charge is -2.25. The Morgan fingerprint density at radius 2 is 1.40 bits per heavy atom. The topological polar surface area (TPSA) is 69.7 Å². The van der Waals surface area contributed by atoms with Crippen LogP contribution in [0.15, 0.2) is 71.6 Å². The van der Waals surface area contributed by atoms with Crippen LogP contribution in [0.5, 0.6) is 0 Å². The fraction of sp³-hybridized carbons (Fsp3) is 0.321. The number of amides is 1. The lowest BCUT2D eigenvalue weighted by atomic mass is 10.1. The number of aryl methyl sites for hydroxylation is 3. The average Bonchev–Trinajstić information content (AvgIpc) is 2.85. The second kappa shape index (κ2) is 11.4. The third-order valence-electron chi connectivity index (χ3n) is 6.23. The number of carbonyl (C=O) groups is 1. The summed E-state index contributed by atoms with van der Waals surface area (Å²) in [6.07, 6.45) is 0. The SMILES string of the molecule is CCN(CC)c1ccc(CNC(=O)CN(c2ccc(C)c(C)c2)S(=O)(=O)c2ccc(C)cc2)cc1. The second-order valence-corrected chi connectivity index (χ2v) is 10.6. The predicted octanol–water partition coefficient (Wildman–Crippen LogP) is 4.97. The molecule has 0 aliphatic carbocycles. The van der Waals surface area contributed by atoms with Gasteiger partial charge in [-0.15, -0.1) is 0 Å². The minimum Gasteiger partial charge on any atom is -0.372 e. The number of benzene rings is 3. The number of nitrogens with one attached hydrogen (secondary N) is 1. The molecule has 3 aromatic carbocycles. The lowest BCUT2D eigenvalue weighted by molar-refractivity contribution is -0.119. The predicted molar refractivity (Wildman–Crippen MR) is 143 cm³/mol. The van der Waals surface area contributed by atoms with Gasteiger partial charge in [-0.3, -0.25) is 9.10 Å². The molecule has 1 N–H and O–H groups in total. The number of carbonyl (C=O) groups excluding carboxylic acids is 1. The van der Waals surface area contributed by atoms with Crippen LogP contribution in [0.4, 0.5) is 11.4 Å².